The van der Waals surface area contributed by atoms with E-state index in [1.54, 1.807) is 11.1 Å². The van der Waals surface area contributed by atoms with Gasteiger partial charge in [0.25, 0.3) is 0 Å². The van der Waals surface area contributed by atoms with Crippen molar-refractivity contribution in [3.05, 3.63) is 34.9 Å². The monoisotopic (exact) mass is 258 g/mol. The maximum atomic E-state index is 3.63. The number of aryl methyl sites for hydroxylation is 2. The van der Waals surface area contributed by atoms with E-state index in [-0.39, 0.29) is 0 Å². The molecule has 104 valence electrons. The SMILES string of the molecule is CC(CNCc1ccc2c(c1)CCC2)N1CCCC1. The molecular formula is C17H26N2. The van der Waals surface area contributed by atoms with Crippen molar-refractivity contribution >= 4 is 0 Å². The molecule has 1 aliphatic heterocycles. The Kier molecular flexibility index (Phi) is 4.19. The van der Waals surface area contributed by atoms with Gasteiger partial charge in [0, 0.05) is 19.1 Å². The second-order valence-electron chi connectivity index (χ2n) is 6.18. The number of likely N-dealkylation sites (tertiary alicyclic amines) is 1. The number of nitrogens with one attached hydrogen (secondary N) is 1. The first-order valence-electron chi connectivity index (χ1n) is 7.88. The van der Waals surface area contributed by atoms with Gasteiger partial charge in [-0.05, 0) is 68.8 Å². The predicted molar refractivity (Wildman–Crippen MR) is 80.4 cm³/mol. The van der Waals surface area contributed by atoms with Gasteiger partial charge >= 0.3 is 0 Å². The fraction of sp³-hybridized carbons (Fsp3) is 0.647. The number of benzene rings is 1. The molecule has 1 unspecified atom stereocenters. The van der Waals surface area contributed by atoms with Crippen molar-refractivity contribution in [3.8, 4) is 0 Å². The Balaban J connectivity index is 1.47. The molecule has 1 saturated heterocycles. The lowest BCUT2D eigenvalue weighted by molar-refractivity contribution is 0.251. The summed E-state index contributed by atoms with van der Waals surface area (Å²) in [5.41, 5.74) is 4.62. The fourth-order valence-electron chi connectivity index (χ4n) is 3.47. The minimum atomic E-state index is 0.678. The van der Waals surface area contributed by atoms with Crippen LogP contribution in [0.4, 0.5) is 0 Å². The molecule has 1 fully saturated rings. The molecule has 0 amide bonds. The van der Waals surface area contributed by atoms with Gasteiger partial charge in [-0.3, -0.25) is 4.90 Å². The van der Waals surface area contributed by atoms with Crippen molar-refractivity contribution in [2.24, 2.45) is 0 Å². The first kappa shape index (κ1) is 13.1. The smallest absolute Gasteiger partial charge is 0.0206 e. The van der Waals surface area contributed by atoms with Gasteiger partial charge in [-0.1, -0.05) is 18.2 Å². The first-order chi connectivity index (χ1) is 9.33. The molecule has 1 aliphatic carbocycles. The zero-order valence-corrected chi connectivity index (χ0v) is 12.1. The third-order valence-electron chi connectivity index (χ3n) is 4.70. The fourth-order valence-corrected chi connectivity index (χ4v) is 3.47. The summed E-state index contributed by atoms with van der Waals surface area (Å²) in [6.45, 7) is 7.06. The summed E-state index contributed by atoms with van der Waals surface area (Å²) in [6, 6.07) is 7.73. The normalized spacial score (nSPS) is 20.7. The van der Waals surface area contributed by atoms with E-state index < -0.39 is 0 Å². The van der Waals surface area contributed by atoms with Gasteiger partial charge in [0.1, 0.15) is 0 Å². The molecular weight excluding hydrogens is 232 g/mol. The minimum Gasteiger partial charge on any atom is -0.311 e. The molecule has 1 N–H and O–H groups in total. The van der Waals surface area contributed by atoms with Crippen LogP contribution >= 0.6 is 0 Å². The maximum absolute atomic E-state index is 3.63. The van der Waals surface area contributed by atoms with E-state index >= 15 is 0 Å². The molecule has 2 heteroatoms. The van der Waals surface area contributed by atoms with Crippen LogP contribution in [-0.4, -0.2) is 30.6 Å². The Bertz CT molecular complexity index is 421. The van der Waals surface area contributed by atoms with Crippen LogP contribution in [0.3, 0.4) is 0 Å². The molecule has 19 heavy (non-hydrogen) atoms. The van der Waals surface area contributed by atoms with Crippen LogP contribution in [0, 0.1) is 0 Å². The van der Waals surface area contributed by atoms with E-state index in [1.807, 2.05) is 0 Å². The van der Waals surface area contributed by atoms with Crippen molar-refractivity contribution in [2.45, 2.75) is 51.6 Å². The molecule has 1 aromatic rings. The Morgan fingerprint density at radius 3 is 2.74 bits per heavy atom. The highest BCUT2D eigenvalue weighted by Gasteiger charge is 2.17. The van der Waals surface area contributed by atoms with Gasteiger partial charge in [-0.15, -0.1) is 0 Å². The van der Waals surface area contributed by atoms with E-state index in [9.17, 15) is 0 Å². The number of nitrogens with zero attached hydrogens (tertiary/aromatic N) is 1. The number of hydrogen-bond donors (Lipinski definition) is 1. The quantitative estimate of drug-likeness (QED) is 0.873. The molecule has 2 aliphatic rings. The Morgan fingerprint density at radius 2 is 1.89 bits per heavy atom. The lowest BCUT2D eigenvalue weighted by Gasteiger charge is -2.24. The standard InChI is InChI=1S/C17H26N2/c1-14(19-9-2-3-10-19)12-18-13-15-7-8-16-5-4-6-17(16)11-15/h7-8,11,14,18H,2-6,9-10,12-13H2,1H3. The summed E-state index contributed by atoms with van der Waals surface area (Å²) in [6.07, 6.45) is 6.69. The molecule has 1 atom stereocenters. The highest BCUT2D eigenvalue weighted by Crippen LogP contribution is 2.22. The van der Waals surface area contributed by atoms with Crippen molar-refractivity contribution < 1.29 is 0 Å². The molecule has 2 nitrogen and oxygen atoms in total. The highest BCUT2D eigenvalue weighted by molar-refractivity contribution is 5.35. The predicted octanol–water partition coefficient (Wildman–Crippen LogP) is 2.75. The number of hydrogen-bond acceptors (Lipinski definition) is 2. The first-order valence-corrected chi connectivity index (χ1v) is 7.88. The summed E-state index contributed by atoms with van der Waals surface area (Å²) in [7, 11) is 0. The van der Waals surface area contributed by atoms with Gasteiger partial charge in [-0.25, -0.2) is 0 Å². The number of fused-ring (bicyclic) bond motifs is 1. The van der Waals surface area contributed by atoms with E-state index in [4.69, 9.17) is 0 Å². The summed E-state index contributed by atoms with van der Waals surface area (Å²) < 4.78 is 0. The van der Waals surface area contributed by atoms with E-state index in [2.05, 4.69) is 35.3 Å². The highest BCUT2D eigenvalue weighted by atomic mass is 15.2. The van der Waals surface area contributed by atoms with Gasteiger partial charge < -0.3 is 5.32 Å². The Labute approximate surface area is 117 Å². The molecule has 1 heterocycles. The maximum Gasteiger partial charge on any atom is 0.0206 e. The van der Waals surface area contributed by atoms with Crippen LogP contribution < -0.4 is 5.32 Å². The molecule has 3 rings (SSSR count). The van der Waals surface area contributed by atoms with Crippen LogP contribution in [0.1, 0.15) is 42.9 Å². The van der Waals surface area contributed by atoms with Crippen molar-refractivity contribution in [1.82, 2.24) is 10.2 Å². The lowest BCUT2D eigenvalue weighted by atomic mass is 10.1. The third-order valence-corrected chi connectivity index (χ3v) is 4.70. The lowest BCUT2D eigenvalue weighted by Crippen LogP contribution is -2.38. The molecule has 0 radical (unpaired) electrons. The van der Waals surface area contributed by atoms with Crippen molar-refractivity contribution in [1.29, 1.82) is 0 Å². The van der Waals surface area contributed by atoms with Gasteiger partial charge in [0.2, 0.25) is 0 Å². The summed E-state index contributed by atoms with van der Waals surface area (Å²) in [5.74, 6) is 0. The summed E-state index contributed by atoms with van der Waals surface area (Å²) in [4.78, 5) is 2.61. The largest absolute Gasteiger partial charge is 0.311 e. The Morgan fingerprint density at radius 1 is 1.11 bits per heavy atom. The van der Waals surface area contributed by atoms with Crippen LogP contribution in [0.2, 0.25) is 0 Å². The molecule has 0 aromatic heterocycles. The molecule has 1 aromatic carbocycles. The molecule has 0 bridgehead atoms. The van der Waals surface area contributed by atoms with E-state index in [0.717, 1.165) is 13.1 Å². The Hall–Kier alpha value is -0.860. The van der Waals surface area contributed by atoms with Gasteiger partial charge in [0.05, 0.1) is 0 Å². The van der Waals surface area contributed by atoms with Gasteiger partial charge in [0.15, 0.2) is 0 Å². The van der Waals surface area contributed by atoms with Crippen molar-refractivity contribution in [2.75, 3.05) is 19.6 Å². The van der Waals surface area contributed by atoms with Crippen LogP contribution in [0.15, 0.2) is 18.2 Å². The number of rotatable bonds is 5. The van der Waals surface area contributed by atoms with Crippen LogP contribution in [0.25, 0.3) is 0 Å². The van der Waals surface area contributed by atoms with E-state index in [1.165, 1.54) is 50.8 Å². The summed E-state index contributed by atoms with van der Waals surface area (Å²) >= 11 is 0. The average molecular weight is 258 g/mol. The van der Waals surface area contributed by atoms with Crippen molar-refractivity contribution in [3.63, 3.8) is 0 Å². The van der Waals surface area contributed by atoms with Crippen LogP contribution in [-0.2, 0) is 19.4 Å². The average Bonchev–Trinajstić information content (AvgIpc) is 3.09. The topological polar surface area (TPSA) is 15.3 Å². The summed E-state index contributed by atoms with van der Waals surface area (Å²) in [5, 5.41) is 3.63. The molecule has 0 saturated carbocycles. The van der Waals surface area contributed by atoms with E-state index in [0.29, 0.717) is 6.04 Å². The second-order valence-corrected chi connectivity index (χ2v) is 6.18. The minimum absolute atomic E-state index is 0.678. The van der Waals surface area contributed by atoms with Gasteiger partial charge in [-0.2, -0.15) is 0 Å². The zero-order chi connectivity index (χ0) is 13.1. The zero-order valence-electron chi connectivity index (χ0n) is 12.1. The molecule has 0 spiro atoms. The third kappa shape index (κ3) is 3.18. The second kappa shape index (κ2) is 6.06. The van der Waals surface area contributed by atoms with Crippen LogP contribution in [0.5, 0.6) is 0 Å².